The summed E-state index contributed by atoms with van der Waals surface area (Å²) in [6.45, 7) is 1.87. The van der Waals surface area contributed by atoms with Gasteiger partial charge in [0.15, 0.2) is 0 Å². The van der Waals surface area contributed by atoms with Crippen LogP contribution in [0, 0.1) is 0 Å². The first kappa shape index (κ1) is 19.1. The molecule has 0 atom stereocenters. The van der Waals surface area contributed by atoms with Crippen LogP contribution in [0.25, 0.3) is 16.3 Å². The molecule has 1 aliphatic heterocycles. The lowest BCUT2D eigenvalue weighted by atomic mass is 10.1. The monoisotopic (exact) mass is 403 g/mol. The van der Waals surface area contributed by atoms with Gasteiger partial charge in [-0.3, -0.25) is 0 Å². The highest BCUT2D eigenvalue weighted by Gasteiger charge is 2.39. The highest BCUT2D eigenvalue weighted by atomic mass is 32.1. The molecule has 0 saturated heterocycles. The number of benzene rings is 2. The van der Waals surface area contributed by atoms with E-state index in [0.717, 1.165) is 32.3 Å². The average molecular weight is 404 g/mol. The molecule has 4 rings (SSSR count). The first-order chi connectivity index (χ1) is 14.0. The van der Waals surface area contributed by atoms with Crippen LogP contribution in [0.2, 0.25) is 0 Å². The molecular weight excluding hydrogens is 380 g/mol. The van der Waals surface area contributed by atoms with Crippen molar-refractivity contribution in [1.82, 2.24) is 0 Å². The number of amides is 1. The summed E-state index contributed by atoms with van der Waals surface area (Å²) in [6, 6.07) is 16.4. The van der Waals surface area contributed by atoms with Crippen molar-refractivity contribution in [2.24, 2.45) is 12.1 Å². The van der Waals surface area contributed by atoms with Gasteiger partial charge in [0, 0.05) is 19.8 Å². The second-order valence-electron chi connectivity index (χ2n) is 7.14. The Bertz CT molecular complexity index is 1170. The fraction of sp³-hybridized carbons (Fsp3) is 0.174. The molecule has 0 radical (unpaired) electrons. The summed E-state index contributed by atoms with van der Waals surface area (Å²) >= 11 is 1.57. The molecular formula is C23H23N4OS+. The molecule has 0 spiro atoms. The van der Waals surface area contributed by atoms with Crippen molar-refractivity contribution in [2.45, 2.75) is 6.92 Å². The SMILES string of the molecule is CC1=NN(c2sc3ccccc3[n+]2C)C(=O)/C1=C/C=C/c1ccc(N(C)C)cc1. The molecule has 2 aromatic carbocycles. The number of rotatable bonds is 4. The number of thiazole rings is 1. The van der Waals surface area contributed by atoms with Crippen LogP contribution in [0.5, 0.6) is 0 Å². The van der Waals surface area contributed by atoms with Gasteiger partial charge in [0.25, 0.3) is 0 Å². The number of allylic oxidation sites excluding steroid dienone is 2. The Kier molecular flexibility index (Phi) is 5.03. The Morgan fingerprint density at radius 2 is 1.83 bits per heavy atom. The van der Waals surface area contributed by atoms with Crippen molar-refractivity contribution >= 4 is 50.1 Å². The lowest BCUT2D eigenvalue weighted by Crippen LogP contribution is -2.36. The van der Waals surface area contributed by atoms with Crippen LogP contribution in [0.4, 0.5) is 10.8 Å². The number of hydrogen-bond acceptors (Lipinski definition) is 4. The maximum absolute atomic E-state index is 13.0. The Labute approximate surface area is 174 Å². The predicted octanol–water partition coefficient (Wildman–Crippen LogP) is 4.15. The summed E-state index contributed by atoms with van der Waals surface area (Å²) in [6.07, 6.45) is 5.74. The topological polar surface area (TPSA) is 39.8 Å². The number of nitrogens with zero attached hydrogens (tertiary/aromatic N) is 4. The van der Waals surface area contributed by atoms with Crippen molar-refractivity contribution in [1.29, 1.82) is 0 Å². The van der Waals surface area contributed by atoms with Gasteiger partial charge >= 0.3 is 11.0 Å². The van der Waals surface area contributed by atoms with Crippen molar-refractivity contribution in [2.75, 3.05) is 24.0 Å². The van der Waals surface area contributed by atoms with Gasteiger partial charge in [-0.15, -0.1) is 0 Å². The predicted molar refractivity (Wildman–Crippen MR) is 121 cm³/mol. The van der Waals surface area contributed by atoms with E-state index >= 15 is 0 Å². The van der Waals surface area contributed by atoms with Crippen LogP contribution in [-0.2, 0) is 11.8 Å². The minimum Gasteiger partial charge on any atom is -0.378 e. The molecule has 0 N–H and O–H groups in total. The van der Waals surface area contributed by atoms with Gasteiger partial charge in [-0.2, -0.15) is 0 Å². The first-order valence-corrected chi connectivity index (χ1v) is 10.2. The number of aryl methyl sites for hydroxylation is 1. The van der Waals surface area contributed by atoms with Crippen molar-refractivity contribution in [3.05, 3.63) is 71.8 Å². The molecule has 1 aromatic heterocycles. The molecule has 0 unspecified atom stereocenters. The molecule has 5 nitrogen and oxygen atoms in total. The van der Waals surface area contributed by atoms with Crippen molar-refractivity contribution in [3.8, 4) is 0 Å². The average Bonchev–Trinajstić information content (AvgIpc) is 3.19. The zero-order chi connectivity index (χ0) is 20.5. The number of aromatic nitrogens is 1. The van der Waals surface area contributed by atoms with E-state index in [2.05, 4.69) is 40.3 Å². The summed E-state index contributed by atoms with van der Waals surface area (Å²) in [4.78, 5) is 15.1. The summed E-state index contributed by atoms with van der Waals surface area (Å²) in [7, 11) is 6.00. The van der Waals surface area contributed by atoms with Crippen molar-refractivity contribution in [3.63, 3.8) is 0 Å². The number of carbonyl (C=O) groups is 1. The molecule has 146 valence electrons. The molecule has 1 amide bonds. The lowest BCUT2D eigenvalue weighted by Gasteiger charge is -2.11. The second kappa shape index (κ2) is 7.64. The quantitative estimate of drug-likeness (QED) is 0.485. The zero-order valence-electron chi connectivity index (χ0n) is 17.0. The highest BCUT2D eigenvalue weighted by Crippen LogP contribution is 2.30. The fourth-order valence-electron chi connectivity index (χ4n) is 3.25. The van der Waals surface area contributed by atoms with E-state index in [9.17, 15) is 4.79 Å². The van der Waals surface area contributed by atoms with Crippen LogP contribution in [0.15, 0.2) is 71.4 Å². The van der Waals surface area contributed by atoms with Crippen LogP contribution >= 0.6 is 11.3 Å². The Morgan fingerprint density at radius 3 is 2.52 bits per heavy atom. The number of para-hydroxylation sites is 1. The van der Waals surface area contributed by atoms with Gasteiger partial charge < -0.3 is 4.90 Å². The maximum atomic E-state index is 13.0. The largest absolute Gasteiger partial charge is 0.378 e. The molecule has 0 fully saturated rings. The van der Waals surface area contributed by atoms with Crippen LogP contribution < -0.4 is 14.5 Å². The molecule has 3 aromatic rings. The lowest BCUT2D eigenvalue weighted by molar-refractivity contribution is -0.627. The molecule has 6 heteroatoms. The number of hydrazone groups is 1. The smallest absolute Gasteiger partial charge is 0.370 e. The summed E-state index contributed by atoms with van der Waals surface area (Å²) < 4.78 is 3.14. The van der Waals surface area contributed by atoms with Gasteiger partial charge in [0.05, 0.1) is 23.0 Å². The van der Waals surface area contributed by atoms with Gasteiger partial charge in [0.1, 0.15) is 5.52 Å². The Morgan fingerprint density at radius 1 is 1.10 bits per heavy atom. The second-order valence-corrected chi connectivity index (χ2v) is 8.15. The summed E-state index contributed by atoms with van der Waals surface area (Å²) in [5, 5.41) is 6.83. The van der Waals surface area contributed by atoms with E-state index in [1.807, 2.05) is 69.1 Å². The highest BCUT2D eigenvalue weighted by molar-refractivity contribution is 7.21. The number of fused-ring (bicyclic) bond motifs is 1. The van der Waals surface area contributed by atoms with Gasteiger partial charge in [-0.25, -0.2) is 9.36 Å². The van der Waals surface area contributed by atoms with E-state index in [1.165, 1.54) is 5.01 Å². The van der Waals surface area contributed by atoms with E-state index in [-0.39, 0.29) is 5.91 Å². The van der Waals surface area contributed by atoms with Crippen LogP contribution in [0.3, 0.4) is 0 Å². The van der Waals surface area contributed by atoms with Gasteiger partial charge in [-0.1, -0.05) is 41.5 Å². The van der Waals surface area contributed by atoms with E-state index < -0.39 is 0 Å². The van der Waals surface area contributed by atoms with E-state index in [1.54, 1.807) is 11.3 Å². The van der Waals surface area contributed by atoms with E-state index in [4.69, 9.17) is 0 Å². The third-order valence-corrected chi connectivity index (χ3v) is 6.11. The molecule has 29 heavy (non-hydrogen) atoms. The van der Waals surface area contributed by atoms with E-state index in [0.29, 0.717) is 5.57 Å². The molecule has 1 aliphatic rings. The molecule has 0 bridgehead atoms. The van der Waals surface area contributed by atoms with Crippen LogP contribution in [-0.4, -0.2) is 25.7 Å². The van der Waals surface area contributed by atoms with Crippen LogP contribution in [0.1, 0.15) is 12.5 Å². The number of hydrogen-bond donors (Lipinski definition) is 0. The third kappa shape index (κ3) is 3.59. The standard InChI is InChI=1S/C23H23N4OS/c1-16-19(9-7-8-17-12-14-18(15-13-17)25(2)3)22(28)27(24-16)23-26(4)20-10-5-6-11-21(20)29-23/h5-15H,1-4H3/q+1/b8-7+,19-9+. The molecule has 0 aliphatic carbocycles. The Balaban J connectivity index is 1.57. The minimum atomic E-state index is -0.0998. The molecule has 0 saturated carbocycles. The summed E-state index contributed by atoms with van der Waals surface area (Å²) in [5.41, 5.74) is 4.66. The zero-order valence-corrected chi connectivity index (χ0v) is 17.8. The fourth-order valence-corrected chi connectivity index (χ4v) is 4.35. The first-order valence-electron chi connectivity index (χ1n) is 9.39. The van der Waals surface area contributed by atoms with Crippen molar-refractivity contribution < 1.29 is 9.36 Å². The minimum absolute atomic E-state index is 0.0998. The number of carbonyl (C=O) groups excluding carboxylic acids is 1. The maximum Gasteiger partial charge on any atom is 0.370 e. The normalized spacial score (nSPS) is 15.7. The molecule has 2 heterocycles. The number of anilines is 2. The Hall–Kier alpha value is -3.25. The van der Waals surface area contributed by atoms with Gasteiger partial charge in [-0.05, 0) is 59.2 Å². The summed E-state index contributed by atoms with van der Waals surface area (Å²) in [5.74, 6) is -0.0998. The van der Waals surface area contributed by atoms with Gasteiger partial charge in [0.2, 0.25) is 0 Å². The third-order valence-electron chi connectivity index (χ3n) is 4.92.